The lowest BCUT2D eigenvalue weighted by atomic mass is 9.78. The molecule has 0 amide bonds. The fraction of sp³-hybridized carbons (Fsp3) is 0.273. The van der Waals surface area contributed by atoms with Crippen molar-refractivity contribution in [3.05, 3.63) is 53.9 Å². The van der Waals surface area contributed by atoms with Crippen LogP contribution < -0.4 is 19.8 Å². The maximum absolute atomic E-state index is 9.83. The molecular weight excluding hydrogens is 381 g/mol. The first-order valence-electron chi connectivity index (χ1n) is 9.91. The van der Waals surface area contributed by atoms with Crippen LogP contribution >= 0.6 is 0 Å². The standard InChI is InChI=1S/C22H22BN3O4/c1-28-20-10-17-19(11-21(20)29-2)24-13-25-22(17)26-7-5-14(6-8-26)15-3-4-18-16(9-15)12-30-23(18)27/h3-5,9-11,13,27H,6-8,12H2,1-2H3. The number of benzene rings is 2. The highest BCUT2D eigenvalue weighted by Gasteiger charge is 2.27. The lowest BCUT2D eigenvalue weighted by Crippen LogP contribution is -2.30. The van der Waals surface area contributed by atoms with E-state index >= 15 is 0 Å². The maximum Gasteiger partial charge on any atom is 0.491 e. The normalized spacial score (nSPS) is 15.9. The smallest absolute Gasteiger partial charge is 0.491 e. The fourth-order valence-corrected chi connectivity index (χ4v) is 4.18. The van der Waals surface area contributed by atoms with E-state index in [2.05, 4.69) is 33.1 Å². The Hall–Kier alpha value is -3.10. The molecule has 0 fully saturated rings. The van der Waals surface area contributed by atoms with Crippen LogP contribution in [0.25, 0.3) is 16.5 Å². The molecule has 0 radical (unpaired) electrons. The molecule has 3 heterocycles. The van der Waals surface area contributed by atoms with Crippen molar-refractivity contribution in [1.29, 1.82) is 0 Å². The maximum atomic E-state index is 9.83. The molecule has 30 heavy (non-hydrogen) atoms. The van der Waals surface area contributed by atoms with Gasteiger partial charge in [-0.1, -0.05) is 18.2 Å². The van der Waals surface area contributed by atoms with Gasteiger partial charge in [0, 0.05) is 24.5 Å². The van der Waals surface area contributed by atoms with Gasteiger partial charge in [-0.2, -0.15) is 0 Å². The van der Waals surface area contributed by atoms with Gasteiger partial charge in [0.2, 0.25) is 0 Å². The highest BCUT2D eigenvalue weighted by molar-refractivity contribution is 6.61. The number of fused-ring (bicyclic) bond motifs is 2. The molecule has 5 rings (SSSR count). The van der Waals surface area contributed by atoms with Gasteiger partial charge in [-0.15, -0.1) is 0 Å². The van der Waals surface area contributed by atoms with E-state index in [0.29, 0.717) is 18.1 Å². The first-order valence-corrected chi connectivity index (χ1v) is 9.91. The third-order valence-electron chi connectivity index (χ3n) is 5.80. The minimum absolute atomic E-state index is 0.460. The van der Waals surface area contributed by atoms with E-state index < -0.39 is 7.12 Å². The fourth-order valence-electron chi connectivity index (χ4n) is 4.18. The second-order valence-electron chi connectivity index (χ2n) is 7.42. The van der Waals surface area contributed by atoms with E-state index in [4.69, 9.17) is 14.1 Å². The molecule has 7 nitrogen and oxygen atoms in total. The van der Waals surface area contributed by atoms with Crippen molar-refractivity contribution in [2.75, 3.05) is 32.2 Å². The van der Waals surface area contributed by atoms with Crippen LogP contribution in [0.3, 0.4) is 0 Å². The molecule has 1 N–H and O–H groups in total. The molecule has 8 heteroatoms. The number of rotatable bonds is 4. The van der Waals surface area contributed by atoms with Crippen LogP contribution in [-0.4, -0.2) is 49.4 Å². The van der Waals surface area contributed by atoms with Gasteiger partial charge in [0.15, 0.2) is 11.5 Å². The Morgan fingerprint density at radius 1 is 1.10 bits per heavy atom. The van der Waals surface area contributed by atoms with E-state index in [1.165, 1.54) is 11.1 Å². The average molecular weight is 403 g/mol. The number of ether oxygens (including phenoxy) is 2. The molecule has 152 valence electrons. The predicted molar refractivity (Wildman–Crippen MR) is 116 cm³/mol. The van der Waals surface area contributed by atoms with Crippen molar-refractivity contribution in [3.63, 3.8) is 0 Å². The van der Waals surface area contributed by atoms with Crippen molar-refractivity contribution in [2.24, 2.45) is 0 Å². The zero-order valence-corrected chi connectivity index (χ0v) is 17.0. The highest BCUT2D eigenvalue weighted by atomic mass is 16.5. The summed E-state index contributed by atoms with van der Waals surface area (Å²) in [5, 5.41) is 10.8. The summed E-state index contributed by atoms with van der Waals surface area (Å²) in [5.74, 6) is 2.21. The molecule has 0 unspecified atom stereocenters. The number of anilines is 1. The minimum Gasteiger partial charge on any atom is -0.493 e. The Kier molecular flexibility index (Phi) is 4.80. The first-order chi connectivity index (χ1) is 14.7. The van der Waals surface area contributed by atoms with Gasteiger partial charge in [-0.3, -0.25) is 0 Å². The van der Waals surface area contributed by atoms with Crippen molar-refractivity contribution < 1.29 is 19.2 Å². The zero-order chi connectivity index (χ0) is 20.7. The summed E-state index contributed by atoms with van der Waals surface area (Å²) in [4.78, 5) is 11.2. The molecule has 2 aliphatic heterocycles. The highest BCUT2D eigenvalue weighted by Crippen LogP contribution is 2.36. The van der Waals surface area contributed by atoms with Crippen LogP contribution in [0.15, 0.2) is 42.7 Å². The average Bonchev–Trinajstić information content (AvgIpc) is 3.17. The topological polar surface area (TPSA) is 76.9 Å². The van der Waals surface area contributed by atoms with Gasteiger partial charge < -0.3 is 24.1 Å². The number of hydrogen-bond acceptors (Lipinski definition) is 7. The summed E-state index contributed by atoms with van der Waals surface area (Å²) >= 11 is 0. The summed E-state index contributed by atoms with van der Waals surface area (Å²) in [5.41, 5.74) is 5.24. The third-order valence-corrected chi connectivity index (χ3v) is 5.80. The van der Waals surface area contributed by atoms with Gasteiger partial charge in [-0.25, -0.2) is 9.97 Å². The van der Waals surface area contributed by atoms with Crippen LogP contribution in [0.1, 0.15) is 17.5 Å². The Morgan fingerprint density at radius 3 is 2.70 bits per heavy atom. The van der Waals surface area contributed by atoms with Crippen LogP contribution in [0.2, 0.25) is 0 Å². The summed E-state index contributed by atoms with van der Waals surface area (Å²) in [6.07, 6.45) is 4.74. The van der Waals surface area contributed by atoms with Crippen molar-refractivity contribution in [1.82, 2.24) is 9.97 Å². The van der Waals surface area contributed by atoms with Gasteiger partial charge in [0.25, 0.3) is 0 Å². The Labute approximate surface area is 175 Å². The van der Waals surface area contributed by atoms with Crippen molar-refractivity contribution in [3.8, 4) is 11.5 Å². The van der Waals surface area contributed by atoms with Crippen LogP contribution in [0, 0.1) is 0 Å². The summed E-state index contributed by atoms with van der Waals surface area (Å²) in [6, 6.07) is 9.98. The first kappa shape index (κ1) is 18.9. The number of methoxy groups -OCH3 is 2. The molecule has 0 saturated carbocycles. The summed E-state index contributed by atoms with van der Waals surface area (Å²) in [6.45, 7) is 2.07. The zero-order valence-electron chi connectivity index (χ0n) is 17.0. The Morgan fingerprint density at radius 2 is 1.93 bits per heavy atom. The molecule has 0 saturated heterocycles. The molecule has 0 bridgehead atoms. The molecule has 0 aliphatic carbocycles. The third kappa shape index (κ3) is 3.18. The van der Waals surface area contributed by atoms with Crippen LogP contribution in [0.4, 0.5) is 5.82 Å². The number of aromatic nitrogens is 2. The molecule has 3 aromatic rings. The number of hydrogen-bond donors (Lipinski definition) is 1. The predicted octanol–water partition coefficient (Wildman–Crippen LogP) is 2.16. The van der Waals surface area contributed by atoms with Gasteiger partial charge in [0.1, 0.15) is 12.1 Å². The molecule has 2 aromatic carbocycles. The van der Waals surface area contributed by atoms with E-state index in [9.17, 15) is 5.02 Å². The van der Waals surface area contributed by atoms with E-state index in [-0.39, 0.29) is 0 Å². The van der Waals surface area contributed by atoms with Crippen LogP contribution in [0.5, 0.6) is 11.5 Å². The second-order valence-corrected chi connectivity index (χ2v) is 7.42. The lowest BCUT2D eigenvalue weighted by Gasteiger charge is -2.28. The van der Waals surface area contributed by atoms with Crippen molar-refractivity contribution >= 4 is 34.9 Å². The molecular formula is C22H22BN3O4. The number of nitrogens with zero attached hydrogens (tertiary/aromatic N) is 3. The van der Waals surface area contributed by atoms with Gasteiger partial charge in [-0.05, 0) is 40.7 Å². The minimum atomic E-state index is -0.800. The van der Waals surface area contributed by atoms with Gasteiger partial charge >= 0.3 is 7.12 Å². The summed E-state index contributed by atoms with van der Waals surface area (Å²) < 4.78 is 16.2. The summed E-state index contributed by atoms with van der Waals surface area (Å²) in [7, 11) is 2.45. The lowest BCUT2D eigenvalue weighted by molar-refractivity contribution is 0.275. The molecule has 0 spiro atoms. The SMILES string of the molecule is COc1cc2ncnc(N3CC=C(c4ccc5c(c4)COB5O)CC3)c2cc1OC. The van der Waals surface area contributed by atoms with E-state index in [1.54, 1.807) is 20.5 Å². The molecule has 1 aromatic heterocycles. The second kappa shape index (κ2) is 7.62. The molecule has 2 aliphatic rings. The van der Waals surface area contributed by atoms with Crippen molar-refractivity contribution in [2.45, 2.75) is 13.0 Å². The Balaban J connectivity index is 1.44. The monoisotopic (exact) mass is 403 g/mol. The largest absolute Gasteiger partial charge is 0.493 e. The van der Waals surface area contributed by atoms with E-state index in [1.807, 2.05) is 18.2 Å². The quantitative estimate of drug-likeness (QED) is 0.669. The Bertz CT molecular complexity index is 1150. The van der Waals surface area contributed by atoms with Crippen LogP contribution in [-0.2, 0) is 11.3 Å². The van der Waals surface area contributed by atoms with E-state index in [0.717, 1.165) is 47.3 Å². The molecule has 0 atom stereocenters. The van der Waals surface area contributed by atoms with Gasteiger partial charge in [0.05, 0.1) is 26.3 Å².